The van der Waals surface area contributed by atoms with E-state index in [1.807, 2.05) is 18.2 Å². The van der Waals surface area contributed by atoms with Crippen LogP contribution in [0.15, 0.2) is 46.9 Å². The standard InChI is InChI=1S/C16H17BrClN/c1-11-5-3-4-6-15(11)12(2)19-10-13-7-8-14(17)9-16(13)18/h3-9,12,19H,10H2,1-2H3/t12-/m1/s1. The third-order valence-electron chi connectivity index (χ3n) is 3.27. The molecule has 0 bridgehead atoms. The molecule has 0 aliphatic rings. The summed E-state index contributed by atoms with van der Waals surface area (Å²) in [5.41, 5.74) is 3.76. The molecular formula is C16H17BrClN. The topological polar surface area (TPSA) is 12.0 Å². The highest BCUT2D eigenvalue weighted by Crippen LogP contribution is 2.23. The molecule has 1 N–H and O–H groups in total. The Labute approximate surface area is 128 Å². The summed E-state index contributed by atoms with van der Waals surface area (Å²) in [5.74, 6) is 0. The van der Waals surface area contributed by atoms with Crippen LogP contribution in [0.25, 0.3) is 0 Å². The second-order valence-corrected chi connectivity index (χ2v) is 6.02. The number of rotatable bonds is 4. The molecule has 2 rings (SSSR count). The van der Waals surface area contributed by atoms with E-state index in [-0.39, 0.29) is 0 Å². The fraction of sp³-hybridized carbons (Fsp3) is 0.250. The molecule has 1 atom stereocenters. The van der Waals surface area contributed by atoms with Gasteiger partial charge in [-0.2, -0.15) is 0 Å². The van der Waals surface area contributed by atoms with E-state index in [9.17, 15) is 0 Å². The highest BCUT2D eigenvalue weighted by atomic mass is 79.9. The molecule has 0 fully saturated rings. The van der Waals surface area contributed by atoms with E-state index in [0.717, 1.165) is 21.6 Å². The quantitative estimate of drug-likeness (QED) is 0.801. The van der Waals surface area contributed by atoms with Crippen LogP contribution < -0.4 is 5.32 Å². The summed E-state index contributed by atoms with van der Waals surface area (Å²) in [6, 6.07) is 14.7. The molecule has 0 saturated heterocycles. The van der Waals surface area contributed by atoms with E-state index in [2.05, 4.69) is 59.4 Å². The van der Waals surface area contributed by atoms with Gasteiger partial charge in [0.25, 0.3) is 0 Å². The molecule has 19 heavy (non-hydrogen) atoms. The predicted molar refractivity (Wildman–Crippen MR) is 85.6 cm³/mol. The molecule has 0 amide bonds. The normalized spacial score (nSPS) is 12.4. The summed E-state index contributed by atoms with van der Waals surface area (Å²) in [6.45, 7) is 5.08. The SMILES string of the molecule is Cc1ccccc1[C@@H](C)NCc1ccc(Br)cc1Cl. The van der Waals surface area contributed by atoms with Crippen molar-refractivity contribution in [2.75, 3.05) is 0 Å². The van der Waals surface area contributed by atoms with Crippen molar-refractivity contribution < 1.29 is 0 Å². The first-order chi connectivity index (χ1) is 9.08. The predicted octanol–water partition coefficient (Wildman–Crippen LogP) is 5.26. The van der Waals surface area contributed by atoms with E-state index in [1.165, 1.54) is 11.1 Å². The third kappa shape index (κ3) is 3.82. The molecule has 0 unspecified atom stereocenters. The zero-order valence-electron chi connectivity index (χ0n) is 11.1. The maximum Gasteiger partial charge on any atom is 0.0462 e. The Kier molecular flexibility index (Phi) is 5.03. The van der Waals surface area contributed by atoms with Gasteiger partial charge in [0.1, 0.15) is 0 Å². The number of benzene rings is 2. The fourth-order valence-corrected chi connectivity index (χ4v) is 2.85. The highest BCUT2D eigenvalue weighted by Gasteiger charge is 2.08. The van der Waals surface area contributed by atoms with Gasteiger partial charge in [-0.3, -0.25) is 0 Å². The average Bonchev–Trinajstić information content (AvgIpc) is 2.38. The highest BCUT2D eigenvalue weighted by molar-refractivity contribution is 9.10. The monoisotopic (exact) mass is 337 g/mol. The van der Waals surface area contributed by atoms with Crippen LogP contribution in [0.3, 0.4) is 0 Å². The van der Waals surface area contributed by atoms with E-state index >= 15 is 0 Å². The summed E-state index contributed by atoms with van der Waals surface area (Å²) >= 11 is 9.64. The lowest BCUT2D eigenvalue weighted by molar-refractivity contribution is 0.572. The van der Waals surface area contributed by atoms with Crippen molar-refractivity contribution in [2.45, 2.75) is 26.4 Å². The molecule has 2 aromatic carbocycles. The van der Waals surface area contributed by atoms with Crippen LogP contribution in [-0.2, 0) is 6.54 Å². The Bertz CT molecular complexity index is 568. The van der Waals surface area contributed by atoms with Gasteiger partial charge in [-0.25, -0.2) is 0 Å². The van der Waals surface area contributed by atoms with E-state index in [1.54, 1.807) is 0 Å². The van der Waals surface area contributed by atoms with Gasteiger partial charge in [0.05, 0.1) is 0 Å². The lowest BCUT2D eigenvalue weighted by atomic mass is 10.0. The second-order valence-electron chi connectivity index (χ2n) is 4.69. The van der Waals surface area contributed by atoms with Crippen molar-refractivity contribution in [3.05, 3.63) is 68.7 Å². The molecule has 0 heterocycles. The van der Waals surface area contributed by atoms with Gasteiger partial charge in [0.2, 0.25) is 0 Å². The Hall–Kier alpha value is -0.830. The molecule has 0 saturated carbocycles. The number of hydrogen-bond donors (Lipinski definition) is 1. The first-order valence-electron chi connectivity index (χ1n) is 6.31. The smallest absolute Gasteiger partial charge is 0.0462 e. The maximum atomic E-state index is 6.22. The van der Waals surface area contributed by atoms with Crippen LogP contribution in [-0.4, -0.2) is 0 Å². The molecule has 0 aromatic heterocycles. The molecule has 0 spiro atoms. The van der Waals surface area contributed by atoms with Gasteiger partial charge in [-0.1, -0.05) is 57.9 Å². The van der Waals surface area contributed by atoms with Crippen LogP contribution in [0.4, 0.5) is 0 Å². The van der Waals surface area contributed by atoms with Gasteiger partial charge in [0, 0.05) is 22.1 Å². The van der Waals surface area contributed by atoms with E-state index in [4.69, 9.17) is 11.6 Å². The molecule has 1 nitrogen and oxygen atoms in total. The minimum absolute atomic E-state index is 0.306. The number of nitrogens with one attached hydrogen (secondary N) is 1. The molecule has 2 aromatic rings. The van der Waals surface area contributed by atoms with Crippen LogP contribution in [0.2, 0.25) is 5.02 Å². The largest absolute Gasteiger partial charge is 0.306 e. The third-order valence-corrected chi connectivity index (χ3v) is 4.11. The first-order valence-corrected chi connectivity index (χ1v) is 7.48. The number of hydrogen-bond acceptors (Lipinski definition) is 1. The van der Waals surface area contributed by atoms with Crippen LogP contribution >= 0.6 is 27.5 Å². The van der Waals surface area contributed by atoms with E-state index in [0.29, 0.717) is 6.04 Å². The lowest BCUT2D eigenvalue weighted by Crippen LogP contribution is -2.19. The van der Waals surface area contributed by atoms with Gasteiger partial charge >= 0.3 is 0 Å². The fourth-order valence-electron chi connectivity index (χ4n) is 2.11. The minimum Gasteiger partial charge on any atom is -0.306 e. The van der Waals surface area contributed by atoms with Crippen molar-refractivity contribution in [2.24, 2.45) is 0 Å². The molecule has 0 aliphatic heterocycles. The summed E-state index contributed by atoms with van der Waals surface area (Å²) in [7, 11) is 0. The van der Waals surface area contributed by atoms with Gasteiger partial charge in [-0.15, -0.1) is 0 Å². The minimum atomic E-state index is 0.306. The zero-order chi connectivity index (χ0) is 13.8. The maximum absolute atomic E-state index is 6.22. The summed E-state index contributed by atoms with van der Waals surface area (Å²) < 4.78 is 1.01. The number of aryl methyl sites for hydroxylation is 1. The molecule has 0 aliphatic carbocycles. The van der Waals surface area contributed by atoms with Gasteiger partial charge in [-0.05, 0) is 42.7 Å². The Balaban J connectivity index is 2.04. The first kappa shape index (κ1) is 14.6. The van der Waals surface area contributed by atoms with Gasteiger partial charge < -0.3 is 5.32 Å². The van der Waals surface area contributed by atoms with Crippen molar-refractivity contribution >= 4 is 27.5 Å². The lowest BCUT2D eigenvalue weighted by Gasteiger charge is -2.17. The Morgan fingerprint density at radius 2 is 1.95 bits per heavy atom. The second kappa shape index (κ2) is 6.56. The number of halogens is 2. The Morgan fingerprint density at radius 3 is 2.63 bits per heavy atom. The summed E-state index contributed by atoms with van der Waals surface area (Å²) in [5, 5.41) is 4.31. The molecule has 100 valence electrons. The zero-order valence-corrected chi connectivity index (χ0v) is 13.4. The average molecular weight is 339 g/mol. The van der Waals surface area contributed by atoms with Gasteiger partial charge in [0.15, 0.2) is 0 Å². The molecular weight excluding hydrogens is 322 g/mol. The van der Waals surface area contributed by atoms with Crippen molar-refractivity contribution in [1.82, 2.24) is 5.32 Å². The van der Waals surface area contributed by atoms with Crippen LogP contribution in [0.1, 0.15) is 29.7 Å². The molecule has 3 heteroatoms. The van der Waals surface area contributed by atoms with Crippen molar-refractivity contribution in [1.29, 1.82) is 0 Å². The van der Waals surface area contributed by atoms with Crippen molar-refractivity contribution in [3.8, 4) is 0 Å². The molecule has 0 radical (unpaired) electrons. The van der Waals surface area contributed by atoms with Crippen LogP contribution in [0.5, 0.6) is 0 Å². The van der Waals surface area contributed by atoms with Crippen molar-refractivity contribution in [3.63, 3.8) is 0 Å². The van der Waals surface area contributed by atoms with Crippen LogP contribution in [0, 0.1) is 6.92 Å². The summed E-state index contributed by atoms with van der Waals surface area (Å²) in [6.07, 6.45) is 0. The van der Waals surface area contributed by atoms with E-state index < -0.39 is 0 Å². The Morgan fingerprint density at radius 1 is 1.21 bits per heavy atom. The summed E-state index contributed by atoms with van der Waals surface area (Å²) in [4.78, 5) is 0.